The Kier molecular flexibility index (Phi) is 10.2. The SMILES string of the molecule is C=C/C=C\C=C(/C)CNC(=O)N1[C@H]2CN(CCc3ccc(OC)cc3)C(=O)C(Cc3ccc(C)cc3)N2C(=O)CN1C. The van der Waals surface area contributed by atoms with Gasteiger partial charge >= 0.3 is 6.03 Å². The van der Waals surface area contributed by atoms with Crippen LogP contribution in [0.15, 0.2) is 85.0 Å². The summed E-state index contributed by atoms with van der Waals surface area (Å²) in [4.78, 5) is 44.5. The molecule has 1 unspecified atom stereocenters. The third-order valence-corrected chi connectivity index (χ3v) is 7.67. The van der Waals surface area contributed by atoms with Crippen molar-refractivity contribution < 1.29 is 19.1 Å². The maximum Gasteiger partial charge on any atom is 0.334 e. The van der Waals surface area contributed by atoms with Crippen LogP contribution >= 0.6 is 0 Å². The van der Waals surface area contributed by atoms with E-state index >= 15 is 0 Å². The van der Waals surface area contributed by atoms with Crippen LogP contribution in [-0.4, -0.2) is 90.2 Å². The molecule has 222 valence electrons. The first-order valence-corrected chi connectivity index (χ1v) is 14.2. The first-order valence-electron chi connectivity index (χ1n) is 14.2. The van der Waals surface area contributed by atoms with Gasteiger partial charge in [0.25, 0.3) is 0 Å². The van der Waals surface area contributed by atoms with Crippen LogP contribution in [0.1, 0.15) is 23.6 Å². The fourth-order valence-electron chi connectivity index (χ4n) is 5.36. The molecule has 2 fully saturated rings. The molecular weight excluding hydrogens is 530 g/mol. The summed E-state index contributed by atoms with van der Waals surface area (Å²) < 4.78 is 5.27. The second kappa shape index (κ2) is 14.0. The number of hydrogen-bond acceptors (Lipinski definition) is 5. The van der Waals surface area contributed by atoms with Gasteiger partial charge in [0.2, 0.25) is 11.8 Å². The Bertz CT molecular complexity index is 1340. The van der Waals surface area contributed by atoms with Crippen molar-refractivity contribution in [1.29, 1.82) is 0 Å². The zero-order chi connectivity index (χ0) is 30.2. The highest BCUT2D eigenvalue weighted by atomic mass is 16.5. The Morgan fingerprint density at radius 1 is 1.07 bits per heavy atom. The Morgan fingerprint density at radius 2 is 1.76 bits per heavy atom. The van der Waals surface area contributed by atoms with Gasteiger partial charge in [-0.25, -0.2) is 14.8 Å². The number of methoxy groups -OCH3 is 1. The second-order valence-electron chi connectivity index (χ2n) is 10.8. The molecule has 0 aromatic heterocycles. The number of ether oxygens (including phenoxy) is 1. The van der Waals surface area contributed by atoms with E-state index in [1.54, 1.807) is 40.1 Å². The van der Waals surface area contributed by atoms with Gasteiger partial charge in [-0.2, -0.15) is 0 Å². The Balaban J connectivity index is 1.60. The van der Waals surface area contributed by atoms with Crippen LogP contribution in [0, 0.1) is 6.92 Å². The summed E-state index contributed by atoms with van der Waals surface area (Å²) in [6.45, 7) is 8.65. The van der Waals surface area contributed by atoms with Crippen LogP contribution < -0.4 is 10.1 Å². The van der Waals surface area contributed by atoms with E-state index in [0.29, 0.717) is 25.9 Å². The number of piperazine rings is 1. The number of nitrogens with one attached hydrogen (secondary N) is 1. The van der Waals surface area contributed by atoms with Gasteiger partial charge in [0.15, 0.2) is 0 Å². The lowest BCUT2D eigenvalue weighted by Gasteiger charge is -2.54. The van der Waals surface area contributed by atoms with Crippen molar-refractivity contribution in [3.8, 4) is 5.75 Å². The number of hydrogen-bond donors (Lipinski definition) is 1. The molecule has 0 saturated carbocycles. The number of carbonyl (C=O) groups excluding carboxylic acids is 3. The predicted molar refractivity (Wildman–Crippen MR) is 164 cm³/mol. The van der Waals surface area contributed by atoms with Gasteiger partial charge in [-0.15, -0.1) is 0 Å². The molecule has 4 amide bonds. The summed E-state index contributed by atoms with van der Waals surface area (Å²) in [6, 6.07) is 14.7. The fraction of sp³-hybridized carbons (Fsp3) is 0.364. The molecule has 2 aliphatic heterocycles. The number of benzene rings is 2. The summed E-state index contributed by atoms with van der Waals surface area (Å²) in [5.41, 5.74) is 4.12. The number of nitrogens with zero attached hydrogens (tertiary/aromatic N) is 4. The average molecular weight is 572 g/mol. The van der Waals surface area contributed by atoms with Crippen molar-refractivity contribution in [1.82, 2.24) is 25.1 Å². The maximum atomic E-state index is 14.0. The molecule has 9 heteroatoms. The van der Waals surface area contributed by atoms with Gasteiger partial charge in [0.05, 0.1) is 20.2 Å². The van der Waals surface area contributed by atoms with Gasteiger partial charge in [-0.1, -0.05) is 78.4 Å². The van der Waals surface area contributed by atoms with E-state index < -0.39 is 12.2 Å². The third kappa shape index (κ3) is 7.28. The summed E-state index contributed by atoms with van der Waals surface area (Å²) in [5, 5.41) is 6.22. The van der Waals surface area contributed by atoms with E-state index in [2.05, 4.69) is 11.9 Å². The number of amides is 4. The van der Waals surface area contributed by atoms with E-state index in [4.69, 9.17) is 4.74 Å². The molecular formula is C33H41N5O4. The number of fused-ring (bicyclic) bond motifs is 1. The highest BCUT2D eigenvalue weighted by Gasteiger charge is 2.50. The molecule has 2 aromatic carbocycles. The van der Waals surface area contributed by atoms with Crippen molar-refractivity contribution in [2.24, 2.45) is 0 Å². The number of hydrazine groups is 1. The third-order valence-electron chi connectivity index (χ3n) is 7.67. The number of aryl methyl sites for hydroxylation is 1. The molecule has 4 rings (SSSR count). The van der Waals surface area contributed by atoms with E-state index in [9.17, 15) is 14.4 Å². The predicted octanol–water partition coefficient (Wildman–Crippen LogP) is 3.71. The van der Waals surface area contributed by atoms with Crippen molar-refractivity contribution in [2.75, 3.05) is 40.3 Å². The Hall–Kier alpha value is -4.37. The van der Waals surface area contributed by atoms with E-state index in [0.717, 1.165) is 28.0 Å². The minimum absolute atomic E-state index is 0.00431. The maximum absolute atomic E-state index is 14.0. The topological polar surface area (TPSA) is 85.4 Å². The monoisotopic (exact) mass is 571 g/mol. The highest BCUT2D eigenvalue weighted by Crippen LogP contribution is 2.28. The molecule has 2 aliphatic rings. The molecule has 9 nitrogen and oxygen atoms in total. The lowest BCUT2D eigenvalue weighted by Crippen LogP contribution is -2.76. The number of allylic oxidation sites excluding steroid dienone is 4. The number of carbonyl (C=O) groups is 3. The van der Waals surface area contributed by atoms with Crippen LogP contribution in [0.25, 0.3) is 0 Å². The van der Waals surface area contributed by atoms with Crippen molar-refractivity contribution in [2.45, 2.75) is 38.9 Å². The van der Waals surface area contributed by atoms with Crippen molar-refractivity contribution >= 4 is 17.8 Å². The van der Waals surface area contributed by atoms with E-state index in [-0.39, 0.29) is 30.9 Å². The summed E-state index contributed by atoms with van der Waals surface area (Å²) >= 11 is 0. The van der Waals surface area contributed by atoms with E-state index in [1.807, 2.05) is 80.6 Å². The summed E-state index contributed by atoms with van der Waals surface area (Å²) in [6.07, 6.45) is 7.66. The first-order chi connectivity index (χ1) is 20.2. The zero-order valence-corrected chi connectivity index (χ0v) is 25.0. The van der Waals surface area contributed by atoms with Gasteiger partial charge in [-0.05, 0) is 43.5 Å². The number of rotatable bonds is 10. The summed E-state index contributed by atoms with van der Waals surface area (Å²) in [7, 11) is 3.36. The molecule has 0 bridgehead atoms. The zero-order valence-electron chi connectivity index (χ0n) is 25.0. The minimum atomic E-state index is -0.718. The summed E-state index contributed by atoms with van der Waals surface area (Å²) in [5.74, 6) is 0.498. The van der Waals surface area contributed by atoms with Crippen LogP contribution in [0.3, 0.4) is 0 Å². The fourth-order valence-corrected chi connectivity index (χ4v) is 5.36. The highest BCUT2D eigenvalue weighted by molar-refractivity contribution is 5.91. The molecule has 2 atom stereocenters. The standard InChI is InChI=1S/C33H41N5O4/c1-6-7-8-9-25(3)21-34-33(41)38-30-22-36(19-18-26-14-16-28(42-5)17-15-26)32(40)29(37(30)31(39)23-35(38)4)20-27-12-10-24(2)11-13-27/h6-17,29-30H,1,18-23H2,2-5H3,(H,34,41)/b8-7-,25-9+/t29?,30-/m0/s1. The number of likely N-dealkylation sites (N-methyl/N-ethyl adjacent to an activating group) is 1. The van der Waals surface area contributed by atoms with E-state index in [1.165, 1.54) is 0 Å². The molecule has 0 spiro atoms. The molecule has 2 heterocycles. The van der Waals surface area contributed by atoms with Gasteiger partial charge in [-0.3, -0.25) is 9.59 Å². The van der Waals surface area contributed by atoms with Gasteiger partial charge in [0, 0.05) is 26.6 Å². The lowest BCUT2D eigenvalue weighted by atomic mass is 9.98. The molecule has 2 saturated heterocycles. The van der Waals surface area contributed by atoms with Crippen molar-refractivity contribution in [3.63, 3.8) is 0 Å². The number of urea groups is 1. The lowest BCUT2D eigenvalue weighted by molar-refractivity contribution is -0.186. The molecule has 42 heavy (non-hydrogen) atoms. The Labute approximate surface area is 248 Å². The normalized spacial score (nSPS) is 19.7. The average Bonchev–Trinajstić information content (AvgIpc) is 2.98. The van der Waals surface area contributed by atoms with Crippen LogP contribution in [0.4, 0.5) is 4.79 Å². The van der Waals surface area contributed by atoms with Crippen LogP contribution in [0.2, 0.25) is 0 Å². The Morgan fingerprint density at radius 3 is 2.43 bits per heavy atom. The smallest absolute Gasteiger partial charge is 0.334 e. The van der Waals surface area contributed by atoms with Crippen LogP contribution in [0.5, 0.6) is 5.75 Å². The largest absolute Gasteiger partial charge is 0.497 e. The second-order valence-corrected chi connectivity index (χ2v) is 10.8. The van der Waals surface area contributed by atoms with Crippen LogP contribution in [-0.2, 0) is 22.4 Å². The molecule has 0 radical (unpaired) electrons. The molecule has 1 N–H and O–H groups in total. The molecule has 2 aromatic rings. The van der Waals surface area contributed by atoms with Gasteiger partial charge in [0.1, 0.15) is 18.0 Å². The first kappa shape index (κ1) is 30.6. The van der Waals surface area contributed by atoms with Crippen molar-refractivity contribution in [3.05, 3.63) is 102 Å². The molecule has 0 aliphatic carbocycles. The quantitative estimate of drug-likeness (QED) is 0.440. The van der Waals surface area contributed by atoms with Gasteiger partial charge < -0.3 is 19.9 Å². The minimum Gasteiger partial charge on any atom is -0.497 e.